The minimum absolute atomic E-state index is 0.702. The van der Waals surface area contributed by atoms with Gasteiger partial charge in [-0.1, -0.05) is 127 Å². The lowest BCUT2D eigenvalue weighted by Gasteiger charge is -2.12. The highest BCUT2D eigenvalue weighted by molar-refractivity contribution is 7.27. The summed E-state index contributed by atoms with van der Waals surface area (Å²) in [6, 6.07) is 57.3. The van der Waals surface area contributed by atoms with Crippen LogP contribution in [0.15, 0.2) is 168 Å². The van der Waals surface area contributed by atoms with Gasteiger partial charge in [-0.15, -0.1) is 11.3 Å². The third-order valence-corrected chi connectivity index (χ3v) is 11.2. The van der Waals surface area contributed by atoms with Gasteiger partial charge in [0.1, 0.15) is 11.2 Å². The van der Waals surface area contributed by atoms with E-state index >= 15 is 0 Å². The molecule has 0 atom stereocenters. The molecule has 0 aliphatic heterocycles. The van der Waals surface area contributed by atoms with Gasteiger partial charge < -0.3 is 8.98 Å². The Hall–Kier alpha value is -6.56. The van der Waals surface area contributed by atoms with Crippen LogP contribution in [0.2, 0.25) is 0 Å². The molecule has 0 N–H and O–H groups in total. The Bertz CT molecular complexity index is 3080. The normalized spacial score (nSPS) is 11.9. The molecule has 51 heavy (non-hydrogen) atoms. The van der Waals surface area contributed by atoms with Crippen molar-refractivity contribution in [3.63, 3.8) is 0 Å². The zero-order valence-electron chi connectivity index (χ0n) is 27.2. The quantitative estimate of drug-likeness (QED) is 0.187. The predicted molar refractivity (Wildman–Crippen MR) is 213 cm³/mol. The summed E-state index contributed by atoms with van der Waals surface area (Å²) in [5.74, 6) is 0.702. The minimum Gasteiger partial charge on any atom is -0.455 e. The number of para-hydroxylation sites is 2. The number of hydrogen-bond donors (Lipinski definition) is 0. The molecule has 4 heterocycles. The zero-order valence-corrected chi connectivity index (χ0v) is 28.1. The lowest BCUT2D eigenvalue weighted by atomic mass is 10.0. The van der Waals surface area contributed by atoms with Crippen molar-refractivity contribution >= 4 is 75.3 Å². The van der Waals surface area contributed by atoms with Crippen LogP contribution < -0.4 is 0 Å². The fraction of sp³-hybridized carbons (Fsp3) is 0. The van der Waals surface area contributed by atoms with Gasteiger partial charge in [-0.25, -0.2) is 9.97 Å². The van der Waals surface area contributed by atoms with Gasteiger partial charge in [-0.2, -0.15) is 0 Å². The Balaban J connectivity index is 1.23. The topological polar surface area (TPSA) is 43.9 Å². The van der Waals surface area contributed by atoms with E-state index in [-0.39, 0.29) is 0 Å². The molecule has 0 spiro atoms. The smallest absolute Gasteiger partial charge is 0.160 e. The van der Waals surface area contributed by atoms with Gasteiger partial charge in [-0.05, 0) is 36.4 Å². The molecular weight excluding hydrogens is 643 g/mol. The fourth-order valence-electron chi connectivity index (χ4n) is 7.76. The second-order valence-corrected chi connectivity index (χ2v) is 14.0. The van der Waals surface area contributed by atoms with Gasteiger partial charge in [0.2, 0.25) is 0 Å². The highest BCUT2D eigenvalue weighted by Crippen LogP contribution is 2.50. The second-order valence-electron chi connectivity index (χ2n) is 12.9. The molecule has 7 aromatic carbocycles. The van der Waals surface area contributed by atoms with Crippen molar-refractivity contribution in [2.45, 2.75) is 0 Å². The van der Waals surface area contributed by atoms with E-state index in [2.05, 4.69) is 144 Å². The summed E-state index contributed by atoms with van der Waals surface area (Å²) in [4.78, 5) is 10.2. The van der Waals surface area contributed by atoms with E-state index < -0.39 is 0 Å². The first-order valence-corrected chi connectivity index (χ1v) is 17.9. The van der Waals surface area contributed by atoms with Crippen LogP contribution in [0.25, 0.3) is 104 Å². The van der Waals surface area contributed by atoms with E-state index in [1.807, 2.05) is 35.6 Å². The highest BCUT2D eigenvalue weighted by atomic mass is 32.1. The first-order valence-electron chi connectivity index (χ1n) is 17.1. The Morgan fingerprint density at radius 2 is 1.14 bits per heavy atom. The number of benzene rings is 7. The molecule has 0 amide bonds. The third kappa shape index (κ3) is 4.25. The Kier molecular flexibility index (Phi) is 6.09. The summed E-state index contributed by atoms with van der Waals surface area (Å²) >= 11 is 1.86. The van der Waals surface area contributed by atoms with Crippen LogP contribution in [0, 0.1) is 0 Å². The average Bonchev–Trinajstić information content (AvgIpc) is 3.88. The van der Waals surface area contributed by atoms with Crippen molar-refractivity contribution in [3.05, 3.63) is 164 Å². The summed E-state index contributed by atoms with van der Waals surface area (Å²) in [6.07, 6.45) is 0. The summed E-state index contributed by atoms with van der Waals surface area (Å²) in [5, 5.41) is 7.14. The number of fused-ring (bicyclic) bond motifs is 12. The van der Waals surface area contributed by atoms with E-state index in [0.717, 1.165) is 66.7 Å². The van der Waals surface area contributed by atoms with E-state index in [0.29, 0.717) is 5.82 Å². The maximum absolute atomic E-state index is 6.83. The van der Waals surface area contributed by atoms with E-state index in [9.17, 15) is 0 Å². The first-order chi connectivity index (χ1) is 25.3. The summed E-state index contributed by atoms with van der Waals surface area (Å²) < 4.78 is 11.8. The standard InChI is InChI=1S/C46H27N3OS/c1-3-14-28(15-4-1)35-27-36(48-46(47-35)29-16-5-2-6-17-29)30-18-13-19-31(26-30)49-37-23-10-7-20-32(37)42-43(49)45-41(34-22-9-12-25-39(34)51-45)40-33-21-8-11-24-38(33)50-44(40)42/h1-27H. The molecule has 0 aliphatic carbocycles. The van der Waals surface area contributed by atoms with Crippen LogP contribution in [0.5, 0.6) is 0 Å². The van der Waals surface area contributed by atoms with Crippen LogP contribution in [0.4, 0.5) is 0 Å². The summed E-state index contributed by atoms with van der Waals surface area (Å²) in [7, 11) is 0. The minimum atomic E-state index is 0.702. The van der Waals surface area contributed by atoms with Crippen molar-refractivity contribution in [1.82, 2.24) is 14.5 Å². The van der Waals surface area contributed by atoms with Crippen LogP contribution >= 0.6 is 11.3 Å². The van der Waals surface area contributed by atoms with Gasteiger partial charge in [0, 0.05) is 54.0 Å². The number of aromatic nitrogens is 3. The summed E-state index contributed by atoms with van der Waals surface area (Å²) in [5.41, 5.74) is 10.0. The van der Waals surface area contributed by atoms with Gasteiger partial charge in [0.25, 0.3) is 0 Å². The molecule has 0 fully saturated rings. The van der Waals surface area contributed by atoms with Gasteiger partial charge in [0.15, 0.2) is 5.82 Å². The Labute approximate surface area is 296 Å². The maximum atomic E-state index is 6.83. The predicted octanol–water partition coefficient (Wildman–Crippen LogP) is 12.8. The molecule has 0 bridgehead atoms. The number of rotatable bonds is 4. The Morgan fingerprint density at radius 3 is 1.96 bits per heavy atom. The second kappa shape index (κ2) is 11.0. The molecule has 0 saturated carbocycles. The van der Waals surface area contributed by atoms with E-state index in [1.54, 1.807) is 0 Å². The molecule has 0 aliphatic rings. The summed E-state index contributed by atoms with van der Waals surface area (Å²) in [6.45, 7) is 0. The van der Waals surface area contributed by atoms with Crippen LogP contribution in [-0.2, 0) is 0 Å². The molecule has 4 aromatic heterocycles. The lowest BCUT2D eigenvalue weighted by Crippen LogP contribution is -1.98. The molecule has 238 valence electrons. The fourth-order valence-corrected chi connectivity index (χ4v) is 9.01. The lowest BCUT2D eigenvalue weighted by molar-refractivity contribution is 0.673. The van der Waals surface area contributed by atoms with Crippen molar-refractivity contribution in [1.29, 1.82) is 0 Å². The first kappa shape index (κ1) is 28.3. The molecule has 0 radical (unpaired) electrons. The van der Waals surface area contributed by atoms with Crippen molar-refractivity contribution in [2.24, 2.45) is 0 Å². The largest absolute Gasteiger partial charge is 0.455 e. The van der Waals surface area contributed by atoms with Gasteiger partial charge in [-0.3, -0.25) is 0 Å². The maximum Gasteiger partial charge on any atom is 0.160 e. The van der Waals surface area contributed by atoms with Crippen molar-refractivity contribution in [2.75, 3.05) is 0 Å². The van der Waals surface area contributed by atoms with E-state index in [4.69, 9.17) is 14.4 Å². The Morgan fingerprint density at radius 1 is 0.490 bits per heavy atom. The highest BCUT2D eigenvalue weighted by Gasteiger charge is 2.25. The number of furan rings is 1. The molecule has 0 unspecified atom stereocenters. The molecular formula is C46H27N3OS. The van der Waals surface area contributed by atoms with Crippen LogP contribution in [0.1, 0.15) is 0 Å². The van der Waals surface area contributed by atoms with Gasteiger partial charge in [0.05, 0.1) is 32.5 Å². The number of thiophene rings is 1. The number of nitrogens with zero attached hydrogens (tertiary/aromatic N) is 3. The average molecular weight is 670 g/mol. The monoisotopic (exact) mass is 669 g/mol. The van der Waals surface area contributed by atoms with Crippen molar-refractivity contribution < 1.29 is 4.42 Å². The molecule has 11 aromatic rings. The van der Waals surface area contributed by atoms with Crippen molar-refractivity contribution in [3.8, 4) is 39.6 Å². The molecule has 4 nitrogen and oxygen atoms in total. The molecule has 11 rings (SSSR count). The molecule has 0 saturated heterocycles. The molecule has 5 heteroatoms. The SMILES string of the molecule is c1ccc(-c2cc(-c3cccc(-n4c5ccccc5c5c6oc7ccccc7c6c6c7ccccc7sc6c54)c3)nc(-c3ccccc3)n2)cc1. The van der Waals surface area contributed by atoms with E-state index in [1.165, 1.54) is 30.9 Å². The van der Waals surface area contributed by atoms with Gasteiger partial charge >= 0.3 is 0 Å². The van der Waals surface area contributed by atoms with Crippen LogP contribution in [0.3, 0.4) is 0 Å². The number of hydrogen-bond acceptors (Lipinski definition) is 4. The zero-order chi connectivity index (χ0) is 33.5. The van der Waals surface area contributed by atoms with Crippen LogP contribution in [-0.4, -0.2) is 14.5 Å². The third-order valence-electron chi connectivity index (χ3n) is 9.99.